The third-order valence-electron chi connectivity index (χ3n) is 4.12. The lowest BCUT2D eigenvalue weighted by Crippen LogP contribution is -2.38. The molecule has 0 aliphatic carbocycles. The van der Waals surface area contributed by atoms with Crippen LogP contribution in [-0.4, -0.2) is 51.0 Å². The van der Waals surface area contributed by atoms with E-state index in [9.17, 15) is 0 Å². The second kappa shape index (κ2) is 11.3. The van der Waals surface area contributed by atoms with Crippen molar-refractivity contribution in [2.45, 2.75) is 39.0 Å². The molecule has 2 rings (SSSR count). The molecule has 1 aliphatic rings. The molecule has 0 saturated carbocycles. The van der Waals surface area contributed by atoms with E-state index in [1.54, 1.807) is 0 Å². The first-order valence-corrected chi connectivity index (χ1v) is 9.04. The number of benzene rings is 1. The van der Waals surface area contributed by atoms with Crippen LogP contribution in [0.3, 0.4) is 0 Å². The van der Waals surface area contributed by atoms with Gasteiger partial charge >= 0.3 is 0 Å². The van der Waals surface area contributed by atoms with Gasteiger partial charge in [0.05, 0.1) is 19.8 Å². The van der Waals surface area contributed by atoms with E-state index < -0.39 is 0 Å². The molecule has 130 valence electrons. The molecule has 4 heteroatoms. The van der Waals surface area contributed by atoms with E-state index in [1.165, 1.54) is 25.7 Å². The predicted octanol–water partition coefficient (Wildman–Crippen LogP) is 3.75. The number of hydrogen-bond acceptors (Lipinski definition) is 4. The van der Waals surface area contributed by atoms with E-state index >= 15 is 0 Å². The molecule has 1 aliphatic heterocycles. The molecule has 0 aromatic heterocycles. The number of rotatable bonds is 11. The summed E-state index contributed by atoms with van der Waals surface area (Å²) in [4.78, 5) is 2.37. The van der Waals surface area contributed by atoms with Crippen molar-refractivity contribution in [1.82, 2.24) is 4.90 Å². The fourth-order valence-electron chi connectivity index (χ4n) is 2.65. The largest absolute Gasteiger partial charge is 0.494 e. The van der Waals surface area contributed by atoms with Crippen molar-refractivity contribution in [2.75, 3.05) is 46.1 Å². The first-order chi connectivity index (χ1) is 11.4. The molecule has 1 heterocycles. The van der Waals surface area contributed by atoms with Crippen LogP contribution in [0.4, 0.5) is 0 Å². The molecule has 0 amide bonds. The zero-order chi connectivity index (χ0) is 16.2. The lowest BCUT2D eigenvalue weighted by Gasteiger charge is -2.26. The molecule has 4 nitrogen and oxygen atoms in total. The molecular weight excluding hydrogens is 290 g/mol. The average molecular weight is 321 g/mol. The van der Waals surface area contributed by atoms with E-state index in [2.05, 4.69) is 11.8 Å². The highest BCUT2D eigenvalue weighted by Crippen LogP contribution is 2.18. The Morgan fingerprint density at radius 1 is 0.870 bits per heavy atom. The minimum atomic E-state index is 0.720. The summed E-state index contributed by atoms with van der Waals surface area (Å²) in [6.07, 6.45) is 6.33. The van der Waals surface area contributed by atoms with Gasteiger partial charge in [0, 0.05) is 19.6 Å². The number of unbranched alkanes of at least 4 members (excludes halogenated alkanes) is 4. The summed E-state index contributed by atoms with van der Waals surface area (Å²) in [7, 11) is 0. The van der Waals surface area contributed by atoms with Crippen molar-refractivity contribution in [2.24, 2.45) is 0 Å². The monoisotopic (exact) mass is 321 g/mol. The first kappa shape index (κ1) is 18.1. The van der Waals surface area contributed by atoms with E-state index in [4.69, 9.17) is 14.2 Å². The molecule has 1 aromatic rings. The van der Waals surface area contributed by atoms with Gasteiger partial charge in [-0.3, -0.25) is 4.90 Å². The Morgan fingerprint density at radius 3 is 2.13 bits per heavy atom. The van der Waals surface area contributed by atoms with E-state index in [0.29, 0.717) is 0 Å². The quantitative estimate of drug-likeness (QED) is 0.581. The molecule has 0 radical (unpaired) electrons. The number of nitrogens with zero attached hydrogens (tertiary/aromatic N) is 1. The maximum atomic E-state index is 5.80. The highest BCUT2D eigenvalue weighted by Gasteiger charge is 2.09. The first-order valence-electron chi connectivity index (χ1n) is 9.04. The molecule has 23 heavy (non-hydrogen) atoms. The van der Waals surface area contributed by atoms with E-state index in [1.807, 2.05) is 24.3 Å². The second-order valence-corrected chi connectivity index (χ2v) is 6.04. The molecule has 1 saturated heterocycles. The Balaban J connectivity index is 1.56. The minimum Gasteiger partial charge on any atom is -0.494 e. The second-order valence-electron chi connectivity index (χ2n) is 6.04. The van der Waals surface area contributed by atoms with Gasteiger partial charge in [-0.05, 0) is 30.7 Å². The minimum absolute atomic E-state index is 0.720. The lowest BCUT2D eigenvalue weighted by atomic mass is 10.2. The van der Waals surface area contributed by atoms with Crippen LogP contribution < -0.4 is 9.47 Å². The van der Waals surface area contributed by atoms with Crippen molar-refractivity contribution < 1.29 is 14.2 Å². The van der Waals surface area contributed by atoms with Crippen LogP contribution >= 0.6 is 0 Å². The molecule has 0 spiro atoms. The molecule has 1 aromatic carbocycles. The van der Waals surface area contributed by atoms with Crippen molar-refractivity contribution in [3.63, 3.8) is 0 Å². The van der Waals surface area contributed by atoms with Crippen LogP contribution in [0.15, 0.2) is 24.3 Å². The normalized spacial score (nSPS) is 15.5. The fourth-order valence-corrected chi connectivity index (χ4v) is 2.65. The van der Waals surface area contributed by atoms with Crippen molar-refractivity contribution in [1.29, 1.82) is 0 Å². The van der Waals surface area contributed by atoms with Crippen LogP contribution in [0.5, 0.6) is 11.5 Å². The van der Waals surface area contributed by atoms with Gasteiger partial charge in [-0.15, -0.1) is 0 Å². The molecule has 0 bridgehead atoms. The number of ether oxygens (including phenoxy) is 3. The summed E-state index contributed by atoms with van der Waals surface area (Å²) in [5.74, 6) is 1.84. The number of hydrogen-bond donors (Lipinski definition) is 0. The van der Waals surface area contributed by atoms with Gasteiger partial charge in [-0.2, -0.15) is 0 Å². The SMILES string of the molecule is CCCCCCCOc1ccc(OCCN2CCOCC2)cc1. The topological polar surface area (TPSA) is 30.9 Å². The van der Waals surface area contributed by atoms with Crippen molar-refractivity contribution in [3.05, 3.63) is 24.3 Å². The highest BCUT2D eigenvalue weighted by atomic mass is 16.5. The average Bonchev–Trinajstić information content (AvgIpc) is 2.60. The van der Waals surface area contributed by atoms with E-state index in [0.717, 1.165) is 64.0 Å². The van der Waals surface area contributed by atoms with Crippen molar-refractivity contribution in [3.8, 4) is 11.5 Å². The van der Waals surface area contributed by atoms with Gasteiger partial charge in [0.2, 0.25) is 0 Å². The third-order valence-corrected chi connectivity index (χ3v) is 4.12. The number of morpholine rings is 1. The zero-order valence-electron chi connectivity index (χ0n) is 14.5. The summed E-state index contributed by atoms with van der Waals surface area (Å²) in [6.45, 7) is 8.41. The molecule has 0 N–H and O–H groups in total. The summed E-state index contributed by atoms with van der Waals surface area (Å²) < 4.78 is 16.9. The van der Waals surface area contributed by atoms with Gasteiger partial charge in [0.1, 0.15) is 18.1 Å². The zero-order valence-corrected chi connectivity index (χ0v) is 14.5. The van der Waals surface area contributed by atoms with Crippen LogP contribution in [0.25, 0.3) is 0 Å². The summed E-state index contributed by atoms with van der Waals surface area (Å²) in [5.41, 5.74) is 0. The molecule has 0 atom stereocenters. The summed E-state index contributed by atoms with van der Waals surface area (Å²) >= 11 is 0. The maximum absolute atomic E-state index is 5.80. The van der Waals surface area contributed by atoms with Crippen molar-refractivity contribution >= 4 is 0 Å². The summed E-state index contributed by atoms with van der Waals surface area (Å²) in [6, 6.07) is 7.98. The van der Waals surface area contributed by atoms with Gasteiger partial charge in [-0.25, -0.2) is 0 Å². The Bertz CT molecular complexity index is 402. The van der Waals surface area contributed by atoms with Crippen LogP contribution in [0.1, 0.15) is 39.0 Å². The molecule has 1 fully saturated rings. The van der Waals surface area contributed by atoms with Gasteiger partial charge in [0.25, 0.3) is 0 Å². The Hall–Kier alpha value is -1.26. The maximum Gasteiger partial charge on any atom is 0.119 e. The Labute approximate surface area is 140 Å². The lowest BCUT2D eigenvalue weighted by molar-refractivity contribution is 0.0322. The predicted molar refractivity (Wildman–Crippen MR) is 93.5 cm³/mol. The van der Waals surface area contributed by atoms with Gasteiger partial charge < -0.3 is 14.2 Å². The summed E-state index contributed by atoms with van der Waals surface area (Å²) in [5, 5.41) is 0. The highest BCUT2D eigenvalue weighted by molar-refractivity contribution is 5.31. The van der Waals surface area contributed by atoms with Crippen LogP contribution in [0, 0.1) is 0 Å². The van der Waals surface area contributed by atoms with Gasteiger partial charge in [0.15, 0.2) is 0 Å². The van der Waals surface area contributed by atoms with Gasteiger partial charge in [-0.1, -0.05) is 32.6 Å². The van der Waals surface area contributed by atoms with E-state index in [-0.39, 0.29) is 0 Å². The standard InChI is InChI=1S/C19H31NO3/c1-2-3-4-5-6-14-22-18-7-9-19(10-8-18)23-17-13-20-11-15-21-16-12-20/h7-10H,2-6,11-17H2,1H3. The van der Waals surface area contributed by atoms with Crippen LogP contribution in [0.2, 0.25) is 0 Å². The Kier molecular flexibility index (Phi) is 8.89. The smallest absolute Gasteiger partial charge is 0.119 e. The molecule has 0 unspecified atom stereocenters. The molecular formula is C19H31NO3. The van der Waals surface area contributed by atoms with Crippen LogP contribution in [-0.2, 0) is 4.74 Å². The third kappa shape index (κ3) is 7.71. The Morgan fingerprint density at radius 2 is 1.48 bits per heavy atom. The fraction of sp³-hybridized carbons (Fsp3) is 0.684.